The van der Waals surface area contributed by atoms with Crippen molar-refractivity contribution in [2.24, 2.45) is 17.3 Å². The highest BCUT2D eigenvalue weighted by atomic mass is 16.5. The van der Waals surface area contributed by atoms with Gasteiger partial charge < -0.3 is 20.1 Å². The Labute approximate surface area is 205 Å². The van der Waals surface area contributed by atoms with E-state index in [2.05, 4.69) is 29.6 Å². The number of alkyl carbamates (subject to hydrolysis) is 1. The molecule has 2 aromatic rings. The van der Waals surface area contributed by atoms with Crippen LogP contribution in [0.5, 0.6) is 0 Å². The minimum absolute atomic E-state index is 0.0195. The molecule has 35 heavy (non-hydrogen) atoms. The number of ether oxygens (including phenoxy) is 1. The minimum atomic E-state index is -0.940. The summed E-state index contributed by atoms with van der Waals surface area (Å²) in [7, 11) is 0. The highest BCUT2D eigenvalue weighted by Crippen LogP contribution is 2.44. The predicted octanol–water partition coefficient (Wildman–Crippen LogP) is 4.26. The number of hydrogen-bond donors (Lipinski definition) is 2. The van der Waals surface area contributed by atoms with Crippen molar-refractivity contribution >= 4 is 18.0 Å². The molecule has 184 valence electrons. The average Bonchev–Trinajstić information content (AvgIpc) is 3.52. The van der Waals surface area contributed by atoms with Crippen LogP contribution < -0.4 is 5.32 Å². The largest absolute Gasteiger partial charge is 0.481 e. The number of benzene rings is 2. The molecule has 0 radical (unpaired) electrons. The number of aliphatic carboxylic acids is 1. The third kappa shape index (κ3) is 4.07. The third-order valence-electron chi connectivity index (χ3n) is 8.38. The van der Waals surface area contributed by atoms with E-state index in [4.69, 9.17) is 4.74 Å². The maximum atomic E-state index is 13.3. The Morgan fingerprint density at radius 3 is 2.29 bits per heavy atom. The molecule has 0 bridgehead atoms. The molecular formula is C28H32N2O5. The van der Waals surface area contributed by atoms with E-state index in [1.165, 1.54) is 11.1 Å². The SMILES string of the molecule is C[C@@H]1CN(C(=O)[C@@H]2CCC[C@@H]2NC(=O)OCC2c3ccccc3-c3ccccc32)C[C@@]1(C)C(=O)O. The predicted molar refractivity (Wildman–Crippen MR) is 131 cm³/mol. The van der Waals surface area contributed by atoms with Crippen molar-refractivity contribution < 1.29 is 24.2 Å². The molecule has 7 nitrogen and oxygen atoms in total. The summed E-state index contributed by atoms with van der Waals surface area (Å²) in [6, 6.07) is 16.1. The first-order chi connectivity index (χ1) is 16.8. The molecule has 5 rings (SSSR count). The lowest BCUT2D eigenvalue weighted by Gasteiger charge is -2.26. The number of carbonyl (C=O) groups is 3. The molecule has 2 aliphatic carbocycles. The first-order valence-electron chi connectivity index (χ1n) is 12.4. The number of amides is 2. The molecule has 2 aromatic carbocycles. The van der Waals surface area contributed by atoms with Gasteiger partial charge in [-0.2, -0.15) is 0 Å². The second-order valence-corrected chi connectivity index (χ2v) is 10.5. The van der Waals surface area contributed by atoms with E-state index in [1.807, 2.05) is 31.2 Å². The van der Waals surface area contributed by atoms with Crippen molar-refractivity contribution in [1.82, 2.24) is 10.2 Å². The number of carboxylic acids is 1. The first-order valence-corrected chi connectivity index (χ1v) is 12.4. The van der Waals surface area contributed by atoms with Gasteiger partial charge in [0.15, 0.2) is 0 Å². The van der Waals surface area contributed by atoms with Crippen LogP contribution in [-0.4, -0.2) is 53.7 Å². The van der Waals surface area contributed by atoms with Crippen molar-refractivity contribution in [3.63, 3.8) is 0 Å². The maximum absolute atomic E-state index is 13.3. The van der Waals surface area contributed by atoms with Gasteiger partial charge >= 0.3 is 12.1 Å². The molecule has 7 heteroatoms. The topological polar surface area (TPSA) is 95.9 Å². The van der Waals surface area contributed by atoms with E-state index in [1.54, 1.807) is 11.8 Å². The van der Waals surface area contributed by atoms with Gasteiger partial charge in [-0.3, -0.25) is 9.59 Å². The van der Waals surface area contributed by atoms with E-state index in [9.17, 15) is 19.5 Å². The summed E-state index contributed by atoms with van der Waals surface area (Å²) in [4.78, 5) is 39.5. The molecule has 0 spiro atoms. The normalized spacial score (nSPS) is 27.4. The quantitative estimate of drug-likeness (QED) is 0.672. The summed E-state index contributed by atoms with van der Waals surface area (Å²) in [5.41, 5.74) is 3.71. The Bertz CT molecular complexity index is 1120. The van der Waals surface area contributed by atoms with Crippen molar-refractivity contribution in [3.05, 3.63) is 59.7 Å². The van der Waals surface area contributed by atoms with E-state index in [0.29, 0.717) is 19.4 Å². The van der Waals surface area contributed by atoms with Gasteiger partial charge in [-0.05, 0) is 47.9 Å². The molecule has 0 aromatic heterocycles. The number of carboxylic acid groups (broad SMARTS) is 1. The van der Waals surface area contributed by atoms with Crippen LogP contribution in [0.1, 0.15) is 50.2 Å². The molecule has 3 aliphatic rings. The Morgan fingerprint density at radius 2 is 1.69 bits per heavy atom. The molecule has 1 heterocycles. The van der Waals surface area contributed by atoms with E-state index in [-0.39, 0.29) is 42.9 Å². The van der Waals surface area contributed by atoms with E-state index in [0.717, 1.165) is 17.5 Å². The van der Waals surface area contributed by atoms with Gasteiger partial charge in [-0.1, -0.05) is 61.9 Å². The maximum Gasteiger partial charge on any atom is 0.407 e. The lowest BCUT2D eigenvalue weighted by molar-refractivity contribution is -0.149. The van der Waals surface area contributed by atoms with E-state index < -0.39 is 17.5 Å². The van der Waals surface area contributed by atoms with Crippen molar-refractivity contribution in [2.45, 2.75) is 45.1 Å². The molecule has 1 saturated heterocycles. The number of likely N-dealkylation sites (tertiary alicyclic amines) is 1. The average molecular weight is 477 g/mol. The minimum Gasteiger partial charge on any atom is -0.481 e. The molecule has 1 aliphatic heterocycles. The second kappa shape index (κ2) is 9.02. The Hall–Kier alpha value is -3.35. The molecular weight excluding hydrogens is 444 g/mol. The number of fused-ring (bicyclic) bond motifs is 3. The highest BCUT2D eigenvalue weighted by Gasteiger charge is 2.49. The zero-order chi connectivity index (χ0) is 24.7. The van der Waals surface area contributed by atoms with Gasteiger partial charge in [0.05, 0.1) is 11.3 Å². The van der Waals surface area contributed by atoms with Crippen LogP contribution in [0.15, 0.2) is 48.5 Å². The summed E-state index contributed by atoms with van der Waals surface area (Å²) in [6.45, 7) is 4.44. The number of nitrogens with one attached hydrogen (secondary N) is 1. The standard InChI is InChI=1S/C28H32N2O5/c1-17-14-30(16-28(17,2)26(32)33)25(31)22-12-7-13-24(22)29-27(34)35-15-23-20-10-5-3-8-18(20)19-9-4-6-11-21(19)23/h3-6,8-11,17,22-24H,7,12-16H2,1-2H3,(H,29,34)(H,32,33)/t17-,22-,24+,28-/m1/s1. The highest BCUT2D eigenvalue weighted by molar-refractivity contribution is 5.84. The number of rotatable bonds is 5. The molecule has 2 N–H and O–H groups in total. The van der Waals surface area contributed by atoms with Crippen LogP contribution in [0.3, 0.4) is 0 Å². The zero-order valence-electron chi connectivity index (χ0n) is 20.2. The van der Waals surface area contributed by atoms with Crippen molar-refractivity contribution in [3.8, 4) is 11.1 Å². The monoisotopic (exact) mass is 476 g/mol. The molecule has 2 amide bonds. The fourth-order valence-electron chi connectivity index (χ4n) is 6.05. The van der Waals surface area contributed by atoms with Crippen LogP contribution in [0.4, 0.5) is 4.79 Å². The van der Waals surface area contributed by atoms with E-state index >= 15 is 0 Å². The third-order valence-corrected chi connectivity index (χ3v) is 8.38. The van der Waals surface area contributed by atoms with Crippen LogP contribution in [-0.2, 0) is 14.3 Å². The van der Waals surface area contributed by atoms with Crippen LogP contribution in [0.2, 0.25) is 0 Å². The van der Waals surface area contributed by atoms with Gasteiger partial charge in [-0.25, -0.2) is 4.79 Å². The lowest BCUT2D eigenvalue weighted by atomic mass is 9.81. The summed E-state index contributed by atoms with van der Waals surface area (Å²) in [5.74, 6) is -1.44. The van der Waals surface area contributed by atoms with Gasteiger partial charge in [0.25, 0.3) is 0 Å². The second-order valence-electron chi connectivity index (χ2n) is 10.5. The molecule has 0 unspecified atom stereocenters. The number of carbonyl (C=O) groups excluding carboxylic acids is 2. The summed E-state index contributed by atoms with van der Waals surface area (Å²) in [6.07, 6.45) is 1.72. The summed E-state index contributed by atoms with van der Waals surface area (Å²) < 4.78 is 5.68. The Morgan fingerprint density at radius 1 is 1.06 bits per heavy atom. The van der Waals surface area contributed by atoms with Crippen LogP contribution in [0.25, 0.3) is 11.1 Å². The molecule has 1 saturated carbocycles. The van der Waals surface area contributed by atoms with Crippen LogP contribution in [0, 0.1) is 17.3 Å². The molecule has 2 fully saturated rings. The van der Waals surface area contributed by atoms with Gasteiger partial charge in [0.1, 0.15) is 6.61 Å². The summed E-state index contributed by atoms with van der Waals surface area (Å²) >= 11 is 0. The zero-order valence-corrected chi connectivity index (χ0v) is 20.2. The fraction of sp³-hybridized carbons (Fsp3) is 0.464. The number of nitrogens with zero attached hydrogens (tertiary/aromatic N) is 1. The summed E-state index contributed by atoms with van der Waals surface area (Å²) in [5, 5.41) is 12.6. The van der Waals surface area contributed by atoms with Gasteiger partial charge in [0.2, 0.25) is 5.91 Å². The Kier molecular flexibility index (Phi) is 6.03. The molecule has 4 atom stereocenters. The van der Waals surface area contributed by atoms with Crippen molar-refractivity contribution in [1.29, 1.82) is 0 Å². The van der Waals surface area contributed by atoms with Crippen LogP contribution >= 0.6 is 0 Å². The van der Waals surface area contributed by atoms with Gasteiger partial charge in [0, 0.05) is 25.0 Å². The number of hydrogen-bond acceptors (Lipinski definition) is 4. The van der Waals surface area contributed by atoms with Crippen molar-refractivity contribution in [2.75, 3.05) is 19.7 Å². The fourth-order valence-corrected chi connectivity index (χ4v) is 6.05. The smallest absolute Gasteiger partial charge is 0.407 e. The van der Waals surface area contributed by atoms with Gasteiger partial charge in [-0.15, -0.1) is 0 Å². The first kappa shape index (κ1) is 23.4. The lowest BCUT2D eigenvalue weighted by Crippen LogP contribution is -2.46. The Balaban J connectivity index is 1.21.